The highest BCUT2D eigenvalue weighted by Crippen LogP contribution is 2.28. The maximum absolute atomic E-state index is 4.50. The van der Waals surface area contributed by atoms with E-state index < -0.39 is 0 Å². The number of hydrogen-bond acceptors (Lipinski definition) is 1. The summed E-state index contributed by atoms with van der Waals surface area (Å²) in [5.74, 6) is 4.77. The van der Waals surface area contributed by atoms with E-state index in [1.54, 1.807) is 0 Å². The first-order chi connectivity index (χ1) is 15.8. The molecule has 3 unspecified atom stereocenters. The van der Waals surface area contributed by atoms with Crippen LogP contribution in [0.4, 0.5) is 0 Å². The topological polar surface area (TPSA) is 26.0 Å². The van der Waals surface area contributed by atoms with Gasteiger partial charge in [-0.15, -0.1) is 26.3 Å². The molecule has 0 heterocycles. The fourth-order valence-corrected chi connectivity index (χ4v) is 2.77. The van der Waals surface area contributed by atoms with Crippen molar-refractivity contribution in [2.24, 2.45) is 35.3 Å². The summed E-state index contributed by atoms with van der Waals surface area (Å²) in [5, 5.41) is 0. The standard InChI is InChI=1S/C8H14.C8H16.C5H10.C4H8.C2H6.2C2H4.CH5N/c1-7-3-5-8(2)6-4-7;1-7-5-3-4-6-8(7)2;1-4-5(2)3;1-4-2-3-4;4*1-2/h3,5,7-8H,4,6H2,1-2H3;7-8H,3-6H2,1-2H3;4H,1-3H3;4H,2-3H2,1H3;1-2H3;2*1-2H2;2H2,1H3/t;7-,8?;;;;;;/m.0....../s1. The van der Waals surface area contributed by atoms with Gasteiger partial charge in [0.15, 0.2) is 0 Å². The average Bonchev–Trinajstić information content (AvgIpc) is 3.66. The lowest BCUT2D eigenvalue weighted by Gasteiger charge is -2.24. The first kappa shape index (κ1) is 42.1. The highest BCUT2D eigenvalue weighted by molar-refractivity contribution is 4.94. The van der Waals surface area contributed by atoms with Crippen molar-refractivity contribution in [2.75, 3.05) is 7.05 Å². The molecule has 0 spiro atoms. The van der Waals surface area contributed by atoms with Crippen molar-refractivity contribution in [1.29, 1.82) is 0 Å². The third kappa shape index (κ3) is 41.6. The predicted octanol–water partition coefficient (Wildman–Crippen LogP) is 11.0. The van der Waals surface area contributed by atoms with Gasteiger partial charge in [-0.1, -0.05) is 111 Å². The van der Waals surface area contributed by atoms with E-state index in [1.165, 1.54) is 64.0 Å². The third-order valence-electron chi connectivity index (χ3n) is 5.83. The summed E-state index contributed by atoms with van der Waals surface area (Å²) in [6.07, 6.45) is 18.4. The monoisotopic (exact) mass is 466 g/mol. The maximum atomic E-state index is 4.50. The average molecular weight is 466 g/mol. The molecule has 3 aliphatic rings. The lowest BCUT2D eigenvalue weighted by molar-refractivity contribution is 0.277. The minimum Gasteiger partial charge on any atom is -0.333 e. The molecule has 3 rings (SSSR count). The van der Waals surface area contributed by atoms with Crippen LogP contribution in [-0.2, 0) is 0 Å². The summed E-state index contributed by atoms with van der Waals surface area (Å²) < 4.78 is 0. The summed E-state index contributed by atoms with van der Waals surface area (Å²) in [6.45, 7) is 33.8. The zero-order valence-electron chi connectivity index (χ0n) is 25.2. The van der Waals surface area contributed by atoms with Gasteiger partial charge in [0, 0.05) is 0 Å². The van der Waals surface area contributed by atoms with Crippen LogP contribution in [0.3, 0.4) is 0 Å². The highest BCUT2D eigenvalue weighted by atomic mass is 14.4. The Balaban J connectivity index is -0.0000000980. The number of rotatable bonds is 0. The molecule has 200 valence electrons. The number of hydrogen-bond donors (Lipinski definition) is 1. The van der Waals surface area contributed by atoms with Crippen LogP contribution in [0.2, 0.25) is 0 Å². The normalized spacial score (nSPS) is 23.6. The van der Waals surface area contributed by atoms with E-state index in [1.807, 2.05) is 20.8 Å². The second-order valence-electron chi connectivity index (χ2n) is 9.20. The SMILES string of the molecule is C=C.C=C.CC.CC1C=CC(C)CC1.CC1CC1.CC1CCCC[C@@H]1C.CC=C(C)C.CN. The third-order valence-corrected chi connectivity index (χ3v) is 5.83. The van der Waals surface area contributed by atoms with E-state index in [0.29, 0.717) is 0 Å². The molecule has 0 aromatic carbocycles. The molecule has 1 nitrogen and oxygen atoms in total. The quantitative estimate of drug-likeness (QED) is 0.353. The molecule has 0 aliphatic heterocycles. The van der Waals surface area contributed by atoms with Crippen LogP contribution >= 0.6 is 0 Å². The molecule has 2 saturated carbocycles. The van der Waals surface area contributed by atoms with Crippen LogP contribution in [0, 0.1) is 29.6 Å². The van der Waals surface area contributed by atoms with Gasteiger partial charge in [0.2, 0.25) is 0 Å². The molecule has 0 bridgehead atoms. The fourth-order valence-electron chi connectivity index (χ4n) is 2.77. The number of nitrogens with two attached hydrogens (primary N) is 1. The molecule has 4 atom stereocenters. The molecular weight excluding hydrogens is 398 g/mol. The molecule has 0 amide bonds. The molecule has 33 heavy (non-hydrogen) atoms. The van der Waals surface area contributed by atoms with Gasteiger partial charge in [0.05, 0.1) is 0 Å². The molecule has 0 radical (unpaired) electrons. The Kier molecular flexibility index (Phi) is 45.3. The van der Waals surface area contributed by atoms with Gasteiger partial charge in [-0.25, -0.2) is 0 Å². The second kappa shape index (κ2) is 35.5. The maximum Gasteiger partial charge on any atom is -0.0195 e. The van der Waals surface area contributed by atoms with Crippen LogP contribution in [0.15, 0.2) is 50.1 Å². The summed E-state index contributed by atoms with van der Waals surface area (Å²) in [7, 11) is 1.50. The van der Waals surface area contributed by atoms with Crippen LogP contribution < -0.4 is 5.73 Å². The van der Waals surface area contributed by atoms with Gasteiger partial charge in [0.1, 0.15) is 0 Å². The van der Waals surface area contributed by atoms with Gasteiger partial charge >= 0.3 is 0 Å². The van der Waals surface area contributed by atoms with Crippen molar-refractivity contribution >= 4 is 0 Å². The van der Waals surface area contributed by atoms with Crippen LogP contribution in [0.5, 0.6) is 0 Å². The van der Waals surface area contributed by atoms with E-state index in [-0.39, 0.29) is 0 Å². The smallest absolute Gasteiger partial charge is 0.0195 e. The predicted molar refractivity (Wildman–Crippen MR) is 161 cm³/mol. The van der Waals surface area contributed by atoms with Crippen LogP contribution in [-0.4, -0.2) is 7.05 Å². The van der Waals surface area contributed by atoms with Crippen molar-refractivity contribution in [3.05, 3.63) is 50.1 Å². The first-order valence-electron chi connectivity index (χ1n) is 13.6. The van der Waals surface area contributed by atoms with Gasteiger partial charge < -0.3 is 5.73 Å². The summed E-state index contributed by atoms with van der Waals surface area (Å²) in [6, 6.07) is 0. The summed E-state index contributed by atoms with van der Waals surface area (Å²) in [4.78, 5) is 0. The van der Waals surface area contributed by atoms with Crippen molar-refractivity contribution < 1.29 is 0 Å². The molecule has 3 aliphatic carbocycles. The molecule has 0 aromatic heterocycles. The molecule has 0 saturated heterocycles. The fraction of sp³-hybridized carbons (Fsp3) is 0.750. The van der Waals surface area contributed by atoms with Crippen molar-refractivity contribution in [1.82, 2.24) is 0 Å². The van der Waals surface area contributed by atoms with Crippen molar-refractivity contribution in [3.8, 4) is 0 Å². The van der Waals surface area contributed by atoms with E-state index in [9.17, 15) is 0 Å². The van der Waals surface area contributed by atoms with Gasteiger partial charge in [0.25, 0.3) is 0 Å². The van der Waals surface area contributed by atoms with Crippen LogP contribution in [0.1, 0.15) is 121 Å². The molecule has 2 fully saturated rings. The first-order valence-corrected chi connectivity index (χ1v) is 13.6. The lowest BCUT2D eigenvalue weighted by Crippen LogP contribution is -2.12. The van der Waals surface area contributed by atoms with E-state index >= 15 is 0 Å². The Bertz CT molecular complexity index is 363. The molecule has 1 heteroatoms. The lowest BCUT2D eigenvalue weighted by atomic mass is 9.82. The number of allylic oxidation sites excluding steroid dienone is 4. The van der Waals surface area contributed by atoms with E-state index in [4.69, 9.17) is 0 Å². The zero-order valence-corrected chi connectivity index (χ0v) is 25.2. The van der Waals surface area contributed by atoms with Crippen LogP contribution in [0.25, 0.3) is 0 Å². The Morgan fingerprint density at radius 2 is 0.909 bits per heavy atom. The van der Waals surface area contributed by atoms with Crippen molar-refractivity contribution in [3.63, 3.8) is 0 Å². The Hall–Kier alpha value is -1.08. The Labute approximate surface area is 213 Å². The highest BCUT2D eigenvalue weighted by Gasteiger charge is 2.15. The summed E-state index contributed by atoms with van der Waals surface area (Å²) >= 11 is 0. The Morgan fingerprint density at radius 3 is 1.03 bits per heavy atom. The molecule has 2 N–H and O–H groups in total. The van der Waals surface area contributed by atoms with Gasteiger partial charge in [-0.2, -0.15) is 0 Å². The van der Waals surface area contributed by atoms with Crippen molar-refractivity contribution in [2.45, 2.75) is 121 Å². The largest absolute Gasteiger partial charge is 0.333 e. The zero-order chi connectivity index (χ0) is 27.2. The molecule has 0 aromatic rings. The van der Waals surface area contributed by atoms with Gasteiger partial charge in [-0.05, 0) is 70.3 Å². The Morgan fingerprint density at radius 1 is 0.667 bits per heavy atom. The van der Waals surface area contributed by atoms with E-state index in [2.05, 4.69) is 98.7 Å². The summed E-state index contributed by atoms with van der Waals surface area (Å²) in [5.41, 5.74) is 5.88. The minimum absolute atomic E-state index is 0.839. The second-order valence-corrected chi connectivity index (χ2v) is 9.20. The minimum atomic E-state index is 0.839. The van der Waals surface area contributed by atoms with Gasteiger partial charge in [-0.3, -0.25) is 0 Å². The van der Waals surface area contributed by atoms with E-state index in [0.717, 1.165) is 29.6 Å². The molecular formula is C32H67N.